The molecule has 2 aromatic carbocycles. The van der Waals surface area contributed by atoms with Crippen LogP contribution in [0.15, 0.2) is 41.3 Å². The molecule has 9 heteroatoms. The van der Waals surface area contributed by atoms with E-state index in [0.717, 1.165) is 6.26 Å². The first-order chi connectivity index (χ1) is 11.1. The van der Waals surface area contributed by atoms with Gasteiger partial charge in [-0.05, 0) is 30.7 Å². The molecule has 0 fully saturated rings. The smallest absolute Gasteiger partial charge is 0.271 e. The summed E-state index contributed by atoms with van der Waals surface area (Å²) in [6.07, 6.45) is 0.987. The summed E-state index contributed by atoms with van der Waals surface area (Å²) >= 11 is 5.84. The monoisotopic (exact) mass is 368 g/mol. The highest BCUT2D eigenvalue weighted by atomic mass is 35.5. The van der Waals surface area contributed by atoms with E-state index in [9.17, 15) is 23.3 Å². The van der Waals surface area contributed by atoms with Gasteiger partial charge in [-0.25, -0.2) is 8.42 Å². The SMILES string of the molecule is Cc1ccc([N+](=O)[O-])cc1NC(=O)c1ccc(Cl)c(S(C)(=O)=O)c1. The molecular formula is C15H13ClN2O5S. The van der Waals surface area contributed by atoms with Gasteiger partial charge in [-0.3, -0.25) is 14.9 Å². The molecule has 1 N–H and O–H groups in total. The Kier molecular flexibility index (Phi) is 4.91. The summed E-state index contributed by atoms with van der Waals surface area (Å²) < 4.78 is 23.3. The van der Waals surface area contributed by atoms with Crippen LogP contribution >= 0.6 is 11.6 Å². The van der Waals surface area contributed by atoms with Gasteiger partial charge in [-0.2, -0.15) is 0 Å². The minimum Gasteiger partial charge on any atom is -0.321 e. The summed E-state index contributed by atoms with van der Waals surface area (Å²) in [7, 11) is -3.59. The molecule has 0 saturated heterocycles. The van der Waals surface area contributed by atoms with Gasteiger partial charge in [0, 0.05) is 24.0 Å². The maximum atomic E-state index is 12.3. The fourth-order valence-electron chi connectivity index (χ4n) is 1.98. The van der Waals surface area contributed by atoms with Gasteiger partial charge in [-0.1, -0.05) is 17.7 Å². The number of rotatable bonds is 4. The topological polar surface area (TPSA) is 106 Å². The van der Waals surface area contributed by atoms with Gasteiger partial charge in [0.15, 0.2) is 9.84 Å². The summed E-state index contributed by atoms with van der Waals surface area (Å²) in [6, 6.07) is 7.93. The number of nitro benzene ring substituents is 1. The van der Waals surface area contributed by atoms with Gasteiger partial charge in [-0.15, -0.1) is 0 Å². The van der Waals surface area contributed by atoms with Crippen LogP contribution in [0.4, 0.5) is 11.4 Å². The number of hydrogen-bond donors (Lipinski definition) is 1. The first-order valence-electron chi connectivity index (χ1n) is 6.65. The molecule has 24 heavy (non-hydrogen) atoms. The van der Waals surface area contributed by atoms with E-state index >= 15 is 0 Å². The van der Waals surface area contributed by atoms with E-state index in [1.807, 2.05) is 0 Å². The Balaban J connectivity index is 2.38. The molecule has 0 atom stereocenters. The zero-order valence-electron chi connectivity index (χ0n) is 12.7. The molecule has 0 aliphatic heterocycles. The van der Waals surface area contributed by atoms with Crippen molar-refractivity contribution in [2.24, 2.45) is 0 Å². The summed E-state index contributed by atoms with van der Waals surface area (Å²) in [5.41, 5.74) is 0.811. The Morgan fingerprint density at radius 1 is 1.21 bits per heavy atom. The molecule has 0 aliphatic carbocycles. The van der Waals surface area contributed by atoms with Gasteiger partial charge in [0.25, 0.3) is 11.6 Å². The maximum Gasteiger partial charge on any atom is 0.271 e. The van der Waals surface area contributed by atoms with E-state index in [2.05, 4.69) is 5.32 Å². The van der Waals surface area contributed by atoms with Crippen LogP contribution in [0.2, 0.25) is 5.02 Å². The average Bonchev–Trinajstić information content (AvgIpc) is 2.48. The summed E-state index contributed by atoms with van der Waals surface area (Å²) in [5.74, 6) is -0.597. The number of nitrogens with one attached hydrogen (secondary N) is 1. The number of carbonyl (C=O) groups excluding carboxylic acids is 1. The molecular weight excluding hydrogens is 356 g/mol. The number of aryl methyl sites for hydroxylation is 1. The third-order valence-corrected chi connectivity index (χ3v) is 4.85. The lowest BCUT2D eigenvalue weighted by atomic mass is 10.1. The van der Waals surface area contributed by atoms with Crippen LogP contribution in [-0.2, 0) is 9.84 Å². The van der Waals surface area contributed by atoms with Crippen molar-refractivity contribution in [2.75, 3.05) is 11.6 Å². The number of amides is 1. The second-order valence-electron chi connectivity index (χ2n) is 5.13. The largest absolute Gasteiger partial charge is 0.321 e. The molecule has 2 aromatic rings. The third-order valence-electron chi connectivity index (χ3n) is 3.27. The molecule has 0 radical (unpaired) electrons. The summed E-state index contributed by atoms with van der Waals surface area (Å²) in [5, 5.41) is 13.4. The zero-order chi connectivity index (χ0) is 18.1. The predicted octanol–water partition coefficient (Wildman–Crippen LogP) is 3.21. The first-order valence-corrected chi connectivity index (χ1v) is 8.92. The number of anilines is 1. The second kappa shape index (κ2) is 6.58. The standard InChI is InChI=1S/C15H13ClN2O5S/c1-9-3-5-11(18(20)21)8-13(9)17-15(19)10-4-6-12(16)14(7-10)24(2,22)23/h3-8H,1-2H3,(H,17,19). The number of sulfone groups is 1. The lowest BCUT2D eigenvalue weighted by Gasteiger charge is -2.10. The van der Waals surface area contributed by atoms with E-state index in [0.29, 0.717) is 5.56 Å². The normalized spacial score (nSPS) is 11.1. The fourth-order valence-corrected chi connectivity index (χ4v) is 3.28. The minimum absolute atomic E-state index is 0.0144. The van der Waals surface area contributed by atoms with Crippen molar-refractivity contribution in [3.8, 4) is 0 Å². The predicted molar refractivity (Wildman–Crippen MR) is 90.3 cm³/mol. The van der Waals surface area contributed by atoms with Crippen LogP contribution in [-0.4, -0.2) is 25.5 Å². The van der Waals surface area contributed by atoms with Crippen molar-refractivity contribution in [1.82, 2.24) is 0 Å². The molecule has 0 aliphatic rings. The highest BCUT2D eigenvalue weighted by molar-refractivity contribution is 7.90. The molecule has 0 bridgehead atoms. The van der Waals surface area contributed by atoms with Crippen molar-refractivity contribution in [1.29, 1.82) is 0 Å². The maximum absolute atomic E-state index is 12.3. The van der Waals surface area contributed by atoms with Crippen LogP contribution in [0.3, 0.4) is 0 Å². The van der Waals surface area contributed by atoms with Crippen molar-refractivity contribution < 1.29 is 18.1 Å². The highest BCUT2D eigenvalue weighted by Crippen LogP contribution is 2.25. The van der Waals surface area contributed by atoms with Gasteiger partial charge in [0.05, 0.1) is 20.5 Å². The number of nitrogens with zero attached hydrogens (tertiary/aromatic N) is 1. The molecule has 0 heterocycles. The number of non-ortho nitro benzene ring substituents is 1. The quantitative estimate of drug-likeness (QED) is 0.658. The average molecular weight is 369 g/mol. The van der Waals surface area contributed by atoms with Crippen molar-refractivity contribution in [3.05, 3.63) is 62.7 Å². The highest BCUT2D eigenvalue weighted by Gasteiger charge is 2.17. The number of nitro groups is 1. The Morgan fingerprint density at radius 3 is 2.46 bits per heavy atom. The molecule has 0 unspecified atom stereocenters. The van der Waals surface area contributed by atoms with Crippen LogP contribution in [0.1, 0.15) is 15.9 Å². The zero-order valence-corrected chi connectivity index (χ0v) is 14.3. The Morgan fingerprint density at radius 2 is 1.88 bits per heavy atom. The van der Waals surface area contributed by atoms with Crippen LogP contribution in [0.5, 0.6) is 0 Å². The Hall–Kier alpha value is -2.45. The van der Waals surface area contributed by atoms with Crippen LogP contribution in [0, 0.1) is 17.0 Å². The van der Waals surface area contributed by atoms with E-state index < -0.39 is 20.7 Å². The molecule has 126 valence electrons. The Labute approximate surface area is 143 Å². The van der Waals surface area contributed by atoms with Crippen LogP contribution < -0.4 is 5.32 Å². The van der Waals surface area contributed by atoms with Crippen molar-refractivity contribution in [3.63, 3.8) is 0 Å². The molecule has 0 saturated carbocycles. The van der Waals surface area contributed by atoms with E-state index in [4.69, 9.17) is 11.6 Å². The fraction of sp³-hybridized carbons (Fsp3) is 0.133. The van der Waals surface area contributed by atoms with Crippen molar-refractivity contribution >= 4 is 38.7 Å². The van der Waals surface area contributed by atoms with Gasteiger partial charge in [0.1, 0.15) is 0 Å². The molecule has 7 nitrogen and oxygen atoms in total. The van der Waals surface area contributed by atoms with Gasteiger partial charge < -0.3 is 5.32 Å². The van der Waals surface area contributed by atoms with Crippen LogP contribution in [0.25, 0.3) is 0 Å². The molecule has 0 aromatic heterocycles. The second-order valence-corrected chi connectivity index (χ2v) is 7.52. The number of benzene rings is 2. The van der Waals surface area contributed by atoms with E-state index in [1.165, 1.54) is 36.4 Å². The van der Waals surface area contributed by atoms with Gasteiger partial charge >= 0.3 is 0 Å². The third kappa shape index (κ3) is 3.90. The lowest BCUT2D eigenvalue weighted by molar-refractivity contribution is -0.384. The summed E-state index contributed by atoms with van der Waals surface area (Å²) in [4.78, 5) is 22.4. The van der Waals surface area contributed by atoms with Gasteiger partial charge in [0.2, 0.25) is 0 Å². The summed E-state index contributed by atoms with van der Waals surface area (Å²) in [6.45, 7) is 1.68. The number of halogens is 1. The Bertz CT molecular complexity index is 941. The number of hydrogen-bond acceptors (Lipinski definition) is 5. The van der Waals surface area contributed by atoms with E-state index in [-0.39, 0.29) is 26.9 Å². The first kappa shape index (κ1) is 17.9. The van der Waals surface area contributed by atoms with Crippen molar-refractivity contribution in [2.45, 2.75) is 11.8 Å². The number of carbonyl (C=O) groups is 1. The lowest BCUT2D eigenvalue weighted by Crippen LogP contribution is -2.14. The minimum atomic E-state index is -3.59. The molecule has 2 rings (SSSR count). The molecule has 1 amide bonds. The van der Waals surface area contributed by atoms with E-state index in [1.54, 1.807) is 6.92 Å². The molecule has 0 spiro atoms.